The molecule has 0 spiro atoms. The van der Waals surface area contributed by atoms with Crippen molar-refractivity contribution in [3.8, 4) is 0 Å². The van der Waals surface area contributed by atoms with Gasteiger partial charge in [0.1, 0.15) is 12.4 Å². The molecule has 3 aromatic rings. The predicted octanol–water partition coefficient (Wildman–Crippen LogP) is 4.90. The third kappa shape index (κ3) is 5.84. The van der Waals surface area contributed by atoms with E-state index in [0.717, 1.165) is 5.56 Å². The number of furan rings is 1. The van der Waals surface area contributed by atoms with Crippen molar-refractivity contribution >= 4 is 17.5 Å². The van der Waals surface area contributed by atoms with Crippen LogP contribution in [0.15, 0.2) is 77.4 Å². The molecule has 0 aliphatic heterocycles. The maximum absolute atomic E-state index is 12.0. The van der Waals surface area contributed by atoms with E-state index in [0.29, 0.717) is 18.0 Å². The number of nitro groups is 1. The van der Waals surface area contributed by atoms with Crippen molar-refractivity contribution in [2.75, 3.05) is 11.9 Å². The zero-order chi connectivity index (χ0) is 21.3. The number of ether oxygens (including phenoxy) is 1. The number of carbonyl (C=O) groups is 1. The Morgan fingerprint density at radius 1 is 1.10 bits per heavy atom. The second-order valence-corrected chi connectivity index (χ2v) is 6.86. The van der Waals surface area contributed by atoms with Gasteiger partial charge >= 0.3 is 6.09 Å². The molecule has 3 rings (SSSR count). The first-order valence-electron chi connectivity index (χ1n) is 9.52. The topological polar surface area (TPSA) is 107 Å². The lowest BCUT2D eigenvalue weighted by molar-refractivity contribution is -0.384. The van der Waals surface area contributed by atoms with Crippen LogP contribution in [0.4, 0.5) is 16.2 Å². The van der Waals surface area contributed by atoms with Crippen molar-refractivity contribution in [3.63, 3.8) is 0 Å². The van der Waals surface area contributed by atoms with Gasteiger partial charge in [0.05, 0.1) is 17.2 Å². The highest BCUT2D eigenvalue weighted by atomic mass is 16.6. The Bertz CT molecular complexity index is 943. The summed E-state index contributed by atoms with van der Waals surface area (Å²) >= 11 is 0. The normalized spacial score (nSPS) is 12.6. The lowest BCUT2D eigenvalue weighted by Gasteiger charge is -2.24. The van der Waals surface area contributed by atoms with Gasteiger partial charge in [-0.1, -0.05) is 37.3 Å². The minimum atomic E-state index is -0.501. The minimum Gasteiger partial charge on any atom is -0.467 e. The Balaban J connectivity index is 1.58. The fraction of sp³-hybridized carbons (Fsp3) is 0.227. The molecule has 1 heterocycles. The maximum Gasteiger partial charge on any atom is 0.407 e. The summed E-state index contributed by atoms with van der Waals surface area (Å²) in [6, 6.07) is 19.0. The van der Waals surface area contributed by atoms with Crippen LogP contribution in [-0.2, 0) is 11.3 Å². The quantitative estimate of drug-likeness (QED) is 0.384. The lowest BCUT2D eigenvalue weighted by atomic mass is 9.99. The number of alkyl carbamates (subject to hydrolysis) is 1. The number of amides is 1. The molecule has 0 aliphatic carbocycles. The Morgan fingerprint density at radius 2 is 1.83 bits per heavy atom. The number of nitrogens with one attached hydrogen (secondary N) is 2. The molecule has 1 aromatic heterocycles. The number of rotatable bonds is 9. The minimum absolute atomic E-state index is 0.0194. The number of benzene rings is 2. The number of non-ortho nitro benzene ring substituents is 1. The first kappa shape index (κ1) is 20.9. The Kier molecular flexibility index (Phi) is 7.05. The first-order valence-corrected chi connectivity index (χ1v) is 9.52. The highest BCUT2D eigenvalue weighted by Gasteiger charge is 2.23. The van der Waals surface area contributed by atoms with Crippen molar-refractivity contribution in [2.45, 2.75) is 19.6 Å². The van der Waals surface area contributed by atoms with Crippen LogP contribution in [0.3, 0.4) is 0 Å². The van der Waals surface area contributed by atoms with Gasteiger partial charge in [-0.25, -0.2) is 4.79 Å². The second-order valence-electron chi connectivity index (χ2n) is 6.86. The smallest absolute Gasteiger partial charge is 0.407 e. The molecule has 2 aromatic carbocycles. The van der Waals surface area contributed by atoms with E-state index in [1.165, 1.54) is 12.1 Å². The van der Waals surface area contributed by atoms with Gasteiger partial charge in [0.2, 0.25) is 0 Å². The van der Waals surface area contributed by atoms with Gasteiger partial charge in [-0.3, -0.25) is 10.1 Å². The van der Waals surface area contributed by atoms with Crippen LogP contribution in [-0.4, -0.2) is 17.6 Å². The number of nitrogens with zero attached hydrogens (tertiary/aromatic N) is 1. The van der Waals surface area contributed by atoms with Crippen molar-refractivity contribution in [1.82, 2.24) is 5.32 Å². The van der Waals surface area contributed by atoms with Gasteiger partial charge in [0.15, 0.2) is 0 Å². The highest BCUT2D eigenvalue weighted by molar-refractivity contribution is 5.67. The molecule has 0 saturated carbocycles. The third-order valence-corrected chi connectivity index (χ3v) is 4.60. The first-order chi connectivity index (χ1) is 14.5. The summed E-state index contributed by atoms with van der Waals surface area (Å²) in [6.45, 7) is 2.51. The van der Waals surface area contributed by atoms with Crippen LogP contribution in [0.25, 0.3) is 0 Å². The molecule has 1 amide bonds. The summed E-state index contributed by atoms with van der Waals surface area (Å²) in [7, 11) is 0. The van der Waals surface area contributed by atoms with Gasteiger partial charge in [0.25, 0.3) is 5.69 Å². The molecule has 0 bridgehead atoms. The molecule has 0 radical (unpaired) electrons. The van der Waals surface area contributed by atoms with Crippen molar-refractivity contribution in [3.05, 3.63) is 94.4 Å². The molecule has 0 unspecified atom stereocenters. The van der Waals surface area contributed by atoms with Crippen LogP contribution >= 0.6 is 0 Å². The average molecular weight is 409 g/mol. The van der Waals surface area contributed by atoms with Gasteiger partial charge in [0, 0.05) is 30.3 Å². The van der Waals surface area contributed by atoms with Crippen LogP contribution in [0.2, 0.25) is 0 Å². The molecule has 0 aliphatic rings. The van der Waals surface area contributed by atoms with Crippen molar-refractivity contribution in [2.24, 2.45) is 5.92 Å². The van der Waals surface area contributed by atoms with Gasteiger partial charge in [-0.05, 0) is 29.8 Å². The molecule has 156 valence electrons. The van der Waals surface area contributed by atoms with Crippen LogP contribution in [0.5, 0.6) is 0 Å². The summed E-state index contributed by atoms with van der Waals surface area (Å²) < 4.78 is 10.8. The van der Waals surface area contributed by atoms with Crippen LogP contribution in [0.1, 0.15) is 24.3 Å². The fourth-order valence-corrected chi connectivity index (χ4v) is 2.96. The molecule has 0 fully saturated rings. The maximum atomic E-state index is 12.0. The van der Waals surface area contributed by atoms with Gasteiger partial charge in [-0.2, -0.15) is 0 Å². The Hall–Kier alpha value is -3.81. The molecule has 2 atom stereocenters. The second kappa shape index (κ2) is 10.1. The summed E-state index contributed by atoms with van der Waals surface area (Å²) in [6.07, 6.45) is 1.08. The van der Waals surface area contributed by atoms with Crippen molar-refractivity contribution < 1.29 is 18.9 Å². The van der Waals surface area contributed by atoms with E-state index in [1.807, 2.05) is 43.3 Å². The lowest BCUT2D eigenvalue weighted by Crippen LogP contribution is -2.33. The summed E-state index contributed by atoms with van der Waals surface area (Å²) in [5.41, 5.74) is 1.64. The average Bonchev–Trinajstić information content (AvgIpc) is 3.30. The molecular formula is C22H23N3O5. The zero-order valence-corrected chi connectivity index (χ0v) is 16.5. The van der Waals surface area contributed by atoms with E-state index in [2.05, 4.69) is 10.6 Å². The van der Waals surface area contributed by atoms with E-state index >= 15 is 0 Å². The van der Waals surface area contributed by atoms with E-state index in [4.69, 9.17) is 9.15 Å². The van der Waals surface area contributed by atoms with E-state index in [1.54, 1.807) is 24.5 Å². The third-order valence-electron chi connectivity index (χ3n) is 4.60. The molecule has 0 saturated heterocycles. The molecule has 2 N–H and O–H groups in total. The van der Waals surface area contributed by atoms with Crippen LogP contribution in [0, 0.1) is 16.0 Å². The number of carbonyl (C=O) groups excluding carboxylic acids is 1. The molecule has 8 nitrogen and oxygen atoms in total. The Labute approximate surface area is 174 Å². The zero-order valence-electron chi connectivity index (χ0n) is 16.5. The molecular weight excluding hydrogens is 386 g/mol. The predicted molar refractivity (Wildman–Crippen MR) is 112 cm³/mol. The standard InChI is InChI=1S/C22H23N3O5/c1-16(14-23-22(26)30-15-17-6-3-2-4-7-17)21(20-8-5-13-29-20)24-18-9-11-19(12-10-18)25(27)28/h2-13,16,21,24H,14-15H2,1H3,(H,23,26)/t16-,21-/m0/s1. The van der Waals surface area contributed by atoms with E-state index in [-0.39, 0.29) is 24.3 Å². The summed E-state index contributed by atoms with van der Waals surface area (Å²) in [5, 5.41) is 16.9. The Morgan fingerprint density at radius 3 is 2.47 bits per heavy atom. The van der Waals surface area contributed by atoms with Gasteiger partial charge < -0.3 is 19.8 Å². The molecule has 8 heteroatoms. The van der Waals surface area contributed by atoms with E-state index < -0.39 is 11.0 Å². The van der Waals surface area contributed by atoms with Crippen LogP contribution < -0.4 is 10.6 Å². The largest absolute Gasteiger partial charge is 0.467 e. The van der Waals surface area contributed by atoms with Crippen molar-refractivity contribution in [1.29, 1.82) is 0 Å². The number of hydrogen-bond donors (Lipinski definition) is 2. The highest BCUT2D eigenvalue weighted by Crippen LogP contribution is 2.28. The fourth-order valence-electron chi connectivity index (χ4n) is 2.96. The number of nitro benzene ring substituents is 1. The van der Waals surface area contributed by atoms with E-state index in [9.17, 15) is 14.9 Å². The van der Waals surface area contributed by atoms with Gasteiger partial charge in [-0.15, -0.1) is 0 Å². The summed E-state index contributed by atoms with van der Waals surface area (Å²) in [5.74, 6) is 0.635. The SMILES string of the molecule is C[C@@H](CNC(=O)OCc1ccccc1)[C@H](Nc1ccc([N+](=O)[O-])cc1)c1ccco1. The number of anilines is 1. The number of hydrogen-bond acceptors (Lipinski definition) is 6. The molecule has 30 heavy (non-hydrogen) atoms. The summed E-state index contributed by atoms with van der Waals surface area (Å²) in [4.78, 5) is 22.4. The monoisotopic (exact) mass is 409 g/mol.